The number of hydrogen-bond acceptors (Lipinski definition) is 3. The van der Waals surface area contributed by atoms with Crippen LogP contribution in [0.25, 0.3) is 0 Å². The van der Waals surface area contributed by atoms with Crippen LogP contribution in [0.1, 0.15) is 0 Å². The first kappa shape index (κ1) is 25.9. The van der Waals surface area contributed by atoms with Crippen LogP contribution in [0.2, 0.25) is 0 Å². The average molecular weight is 163 g/mol. The van der Waals surface area contributed by atoms with E-state index in [0.717, 1.165) is 0 Å². The van der Waals surface area contributed by atoms with Gasteiger partial charge in [-0.3, -0.25) is 0 Å². The first-order valence-electron chi connectivity index (χ1n) is 0.775. The normalized spacial score (nSPS) is 3.86. The van der Waals surface area contributed by atoms with Crippen molar-refractivity contribution in [3.8, 4) is 0 Å². The summed E-state index contributed by atoms with van der Waals surface area (Å²) in [4.78, 5) is 0. The maximum absolute atomic E-state index is 7.17. The second-order valence-electron chi connectivity index (χ2n) is 0.346. The first-order valence-corrected chi connectivity index (χ1v) is 0.775. The van der Waals surface area contributed by atoms with Gasteiger partial charge < -0.3 is 26.0 Å². The van der Waals surface area contributed by atoms with Gasteiger partial charge in [-0.05, 0) is 0 Å². The quantitative estimate of drug-likeness (QED) is 0.318. The Bertz CT molecular complexity index is 12.8. The van der Waals surface area contributed by atoms with Crippen LogP contribution in [0.5, 0.6) is 0 Å². The molecular weight excluding hydrogens is 156 g/mol. The van der Waals surface area contributed by atoms with Gasteiger partial charge in [0.05, 0.1) is 0 Å². The molecule has 0 spiro atoms. The van der Waals surface area contributed by atoms with E-state index in [4.69, 9.17) is 15.1 Å². The van der Waals surface area contributed by atoms with Crippen LogP contribution >= 0.6 is 0 Å². The predicted octanol–water partition coefficient (Wildman–Crippen LogP) is -3.70. The van der Waals surface area contributed by atoms with E-state index < -0.39 is 7.32 Å². The van der Waals surface area contributed by atoms with Crippen LogP contribution in [-0.2, 0) is 19.5 Å². The molecule has 0 aliphatic rings. The number of rotatable bonds is 0. The fourth-order valence-electron chi connectivity index (χ4n) is 0. The van der Waals surface area contributed by atoms with Gasteiger partial charge in [0, 0.05) is 19.5 Å². The summed E-state index contributed by atoms with van der Waals surface area (Å²) in [6.45, 7) is 0. The zero-order valence-electron chi connectivity index (χ0n) is 3.63. The van der Waals surface area contributed by atoms with E-state index in [1.165, 1.54) is 0 Å². The molecule has 0 aliphatic carbocycles. The summed E-state index contributed by atoms with van der Waals surface area (Å²) < 4.78 is 0. The van der Waals surface area contributed by atoms with Crippen LogP contribution in [0.15, 0.2) is 0 Å². The Balaban J connectivity index is -0.0000000150. The van der Waals surface area contributed by atoms with E-state index in [-0.39, 0.29) is 30.4 Å². The summed E-state index contributed by atoms with van der Waals surface area (Å²) in [5.41, 5.74) is 0. The third-order valence-electron chi connectivity index (χ3n) is 0. The van der Waals surface area contributed by atoms with Crippen molar-refractivity contribution >= 4 is 7.32 Å². The van der Waals surface area contributed by atoms with Crippen molar-refractivity contribution in [3.05, 3.63) is 0 Å². The van der Waals surface area contributed by atoms with Crippen LogP contribution in [0.3, 0.4) is 0 Å². The van der Waals surface area contributed by atoms with Crippen molar-refractivity contribution < 1.29 is 45.5 Å². The molecule has 0 saturated heterocycles. The molecular formula is H7BO5Zn. The largest absolute Gasteiger partial charge is 0.631 e. The Kier molecular flexibility index (Phi) is 59.4. The number of hydrogen-bond donors (Lipinski definition) is 3. The van der Waals surface area contributed by atoms with E-state index in [1.54, 1.807) is 0 Å². The van der Waals surface area contributed by atoms with Gasteiger partial charge in [0.2, 0.25) is 0 Å². The van der Waals surface area contributed by atoms with Gasteiger partial charge in [-0.2, -0.15) is 0 Å². The summed E-state index contributed by atoms with van der Waals surface area (Å²) in [6, 6.07) is 0. The van der Waals surface area contributed by atoms with Gasteiger partial charge in [0.15, 0.2) is 0 Å². The SMILES string of the molecule is O.O.OB(O)O.[Zn]. The van der Waals surface area contributed by atoms with Gasteiger partial charge in [0.1, 0.15) is 0 Å². The molecule has 7 heavy (non-hydrogen) atoms. The summed E-state index contributed by atoms with van der Waals surface area (Å²) in [5, 5.41) is 21.5. The molecule has 5 nitrogen and oxygen atoms in total. The minimum atomic E-state index is -2.17. The molecule has 0 bridgehead atoms. The van der Waals surface area contributed by atoms with E-state index in [0.29, 0.717) is 0 Å². The maximum Gasteiger partial charge on any atom is 0.631 e. The van der Waals surface area contributed by atoms with Crippen LogP contribution < -0.4 is 0 Å². The van der Waals surface area contributed by atoms with Crippen molar-refractivity contribution in [1.82, 2.24) is 0 Å². The molecule has 0 saturated carbocycles. The topological polar surface area (TPSA) is 124 Å². The third kappa shape index (κ3) is 548. The summed E-state index contributed by atoms with van der Waals surface area (Å²) in [5.74, 6) is 0. The van der Waals surface area contributed by atoms with Gasteiger partial charge in [-0.1, -0.05) is 0 Å². The second kappa shape index (κ2) is 16.1. The summed E-state index contributed by atoms with van der Waals surface area (Å²) >= 11 is 0. The molecule has 0 radical (unpaired) electrons. The zero-order valence-corrected chi connectivity index (χ0v) is 6.59. The van der Waals surface area contributed by atoms with Crippen molar-refractivity contribution in [3.63, 3.8) is 0 Å². The third-order valence-corrected chi connectivity index (χ3v) is 0. The molecule has 0 atom stereocenters. The molecule has 0 unspecified atom stereocenters. The van der Waals surface area contributed by atoms with Crippen molar-refractivity contribution in [2.75, 3.05) is 0 Å². The molecule has 0 aromatic carbocycles. The molecule has 0 amide bonds. The zero-order chi connectivity index (χ0) is 3.58. The first-order chi connectivity index (χ1) is 1.73. The minimum Gasteiger partial charge on any atom is -0.412 e. The standard InChI is InChI=1S/BH3O3.2H2O.Zn/c2-1(3)4;;;/h2-4H;2*1H2;. The summed E-state index contributed by atoms with van der Waals surface area (Å²) in [7, 11) is -2.17. The summed E-state index contributed by atoms with van der Waals surface area (Å²) in [6.07, 6.45) is 0. The molecule has 0 heterocycles. The van der Waals surface area contributed by atoms with Crippen molar-refractivity contribution in [2.45, 2.75) is 0 Å². The second-order valence-corrected chi connectivity index (χ2v) is 0.346. The molecule has 42 valence electrons. The van der Waals surface area contributed by atoms with Crippen molar-refractivity contribution in [2.24, 2.45) is 0 Å². The fourth-order valence-corrected chi connectivity index (χ4v) is 0. The fraction of sp³-hybridized carbons (Fsp3) is 0. The molecule has 0 rings (SSSR count). The van der Waals surface area contributed by atoms with E-state index >= 15 is 0 Å². The van der Waals surface area contributed by atoms with Gasteiger partial charge >= 0.3 is 7.32 Å². The monoisotopic (exact) mass is 162 g/mol. The molecule has 0 aromatic rings. The van der Waals surface area contributed by atoms with Gasteiger partial charge in [0.25, 0.3) is 0 Å². The molecule has 7 heteroatoms. The Hall–Kier alpha value is 0.488. The van der Waals surface area contributed by atoms with Gasteiger partial charge in [-0.25, -0.2) is 0 Å². The van der Waals surface area contributed by atoms with E-state index in [9.17, 15) is 0 Å². The average Bonchev–Trinajstić information content (AvgIpc) is 0.811. The molecule has 0 aliphatic heterocycles. The molecule has 7 N–H and O–H groups in total. The Morgan fingerprint density at radius 1 is 0.857 bits per heavy atom. The maximum atomic E-state index is 7.17. The minimum absolute atomic E-state index is 0. The Morgan fingerprint density at radius 3 is 0.857 bits per heavy atom. The Labute approximate surface area is 53.5 Å². The molecule has 0 aromatic heterocycles. The van der Waals surface area contributed by atoms with Crippen LogP contribution in [0, 0.1) is 0 Å². The van der Waals surface area contributed by atoms with Crippen LogP contribution in [-0.4, -0.2) is 33.3 Å². The van der Waals surface area contributed by atoms with E-state index in [2.05, 4.69) is 0 Å². The van der Waals surface area contributed by atoms with Crippen LogP contribution in [0.4, 0.5) is 0 Å². The molecule has 0 fully saturated rings. The predicted molar refractivity (Wildman–Crippen MR) is 19.6 cm³/mol. The Morgan fingerprint density at radius 2 is 0.857 bits per heavy atom. The van der Waals surface area contributed by atoms with E-state index in [1.807, 2.05) is 0 Å². The van der Waals surface area contributed by atoms with Crippen molar-refractivity contribution in [1.29, 1.82) is 0 Å². The van der Waals surface area contributed by atoms with Gasteiger partial charge in [-0.15, -0.1) is 0 Å². The smallest absolute Gasteiger partial charge is 0.412 e.